The molecule has 4 aromatic rings. The summed E-state index contributed by atoms with van der Waals surface area (Å²) in [6, 6.07) is 9.77. The van der Waals surface area contributed by atoms with Crippen LogP contribution in [0.2, 0.25) is 0 Å². The summed E-state index contributed by atoms with van der Waals surface area (Å²) in [6.07, 6.45) is 6.27. The van der Waals surface area contributed by atoms with Crippen LogP contribution in [0.15, 0.2) is 84.5 Å². The number of furan rings is 1. The monoisotopic (exact) mass is 592 g/mol. The van der Waals surface area contributed by atoms with Crippen LogP contribution in [0, 0.1) is 0 Å². The number of allylic oxidation sites excluding steroid dienone is 1. The smallest absolute Gasteiger partial charge is 0.338 e. The third kappa shape index (κ3) is 5.84. The van der Waals surface area contributed by atoms with E-state index < -0.39 is 12.0 Å². The van der Waals surface area contributed by atoms with Crippen LogP contribution < -0.4 is 24.4 Å². The highest BCUT2D eigenvalue weighted by molar-refractivity contribution is 7.99. The number of carbonyl (C=O) groups excluding carboxylic acids is 1. The average Bonchev–Trinajstić information content (AvgIpc) is 3.55. The van der Waals surface area contributed by atoms with Crippen LogP contribution in [-0.2, 0) is 9.53 Å². The summed E-state index contributed by atoms with van der Waals surface area (Å²) >= 11 is 2.51. The number of carbonyl (C=O) groups is 1. The molecule has 0 N–H and O–H groups in total. The Kier molecular flexibility index (Phi) is 8.70. The Morgan fingerprint density at radius 1 is 1.15 bits per heavy atom. The lowest BCUT2D eigenvalue weighted by molar-refractivity contribution is -0.139. The zero-order valence-electron chi connectivity index (χ0n) is 22.9. The van der Waals surface area contributed by atoms with E-state index in [1.807, 2.05) is 6.92 Å². The lowest BCUT2D eigenvalue weighted by Gasteiger charge is -2.27. The molecule has 0 radical (unpaired) electrons. The minimum absolute atomic E-state index is 0.182. The molecule has 1 atom stereocenters. The molecule has 0 bridgehead atoms. The Bertz CT molecular complexity index is 1770. The van der Waals surface area contributed by atoms with Crippen molar-refractivity contribution < 1.29 is 23.4 Å². The van der Waals surface area contributed by atoms with Crippen LogP contribution in [0.5, 0.6) is 11.5 Å². The van der Waals surface area contributed by atoms with E-state index in [0.29, 0.717) is 60.1 Å². The number of hydrogen-bond donors (Lipinski definition) is 0. The summed E-state index contributed by atoms with van der Waals surface area (Å²) in [4.78, 5) is 41.1. The fraction of sp³-hybridized carbons (Fsp3) is 0.276. The van der Waals surface area contributed by atoms with Crippen LogP contribution >= 0.6 is 23.1 Å². The molecule has 0 unspecified atom stereocenters. The summed E-state index contributed by atoms with van der Waals surface area (Å²) in [5.41, 5.74) is 1.15. The first-order valence-electron chi connectivity index (χ1n) is 13.0. The predicted molar refractivity (Wildman–Crippen MR) is 154 cm³/mol. The van der Waals surface area contributed by atoms with Gasteiger partial charge in [-0.15, -0.1) is 0 Å². The Balaban J connectivity index is 1.68. The second-order valence-corrected chi connectivity index (χ2v) is 10.8. The first-order chi connectivity index (χ1) is 20.0. The van der Waals surface area contributed by atoms with Crippen LogP contribution in [0.3, 0.4) is 0 Å². The molecule has 0 spiro atoms. The Labute approximate surface area is 244 Å². The van der Waals surface area contributed by atoms with E-state index in [4.69, 9.17) is 23.6 Å². The number of rotatable bonds is 10. The summed E-state index contributed by atoms with van der Waals surface area (Å²) < 4.78 is 24.5. The molecule has 5 rings (SSSR count). The standard InChI is InChI=1S/C29H28N4O6S2/c1-5-8-20-24(27(35)38-6-2)25(19-15-17(36-3)9-11-21(19)37-4)33-26(34)22(40-29(33)32-20)16-18-10-12-23(39-18)41-28-30-13-7-14-31-28/h7,9-16,25H,5-6,8H2,1-4H3/b22-16-/t25-/m0/s1. The molecule has 0 fully saturated rings. The molecule has 1 aliphatic heterocycles. The molecule has 212 valence electrons. The summed E-state index contributed by atoms with van der Waals surface area (Å²) in [5.74, 6) is 1.02. The fourth-order valence-corrected chi connectivity index (χ4v) is 6.17. The highest BCUT2D eigenvalue weighted by Gasteiger charge is 2.36. The van der Waals surface area contributed by atoms with Crippen molar-refractivity contribution in [2.45, 2.75) is 43.0 Å². The van der Waals surface area contributed by atoms with Crippen LogP contribution in [0.1, 0.15) is 44.1 Å². The molecule has 4 heterocycles. The molecule has 0 aliphatic carbocycles. The molecule has 0 amide bonds. The second kappa shape index (κ2) is 12.6. The maximum atomic E-state index is 14.0. The number of methoxy groups -OCH3 is 2. The topological polar surface area (TPSA) is 118 Å². The van der Waals surface area contributed by atoms with Crippen LogP contribution in [0.4, 0.5) is 0 Å². The van der Waals surface area contributed by atoms with Gasteiger partial charge in [0.05, 0.1) is 36.6 Å². The van der Waals surface area contributed by atoms with Gasteiger partial charge < -0.3 is 18.6 Å². The number of nitrogens with zero attached hydrogens (tertiary/aromatic N) is 4. The fourth-order valence-electron chi connectivity index (χ4n) is 4.49. The number of thiazole rings is 1. The molecule has 0 saturated heterocycles. The minimum Gasteiger partial charge on any atom is -0.497 e. The molecule has 3 aromatic heterocycles. The SMILES string of the molecule is CCCC1=C(C(=O)OCC)[C@H](c2cc(OC)ccc2OC)n2c(s/c(=C\c3ccc(Sc4ncccn4)o3)c2=O)=N1. The number of benzene rings is 1. The maximum Gasteiger partial charge on any atom is 0.338 e. The van der Waals surface area contributed by atoms with Gasteiger partial charge in [-0.1, -0.05) is 24.7 Å². The van der Waals surface area contributed by atoms with E-state index in [0.717, 1.165) is 6.42 Å². The van der Waals surface area contributed by atoms with Crippen molar-refractivity contribution in [2.75, 3.05) is 20.8 Å². The largest absolute Gasteiger partial charge is 0.497 e. The first-order valence-corrected chi connectivity index (χ1v) is 14.6. The van der Waals surface area contributed by atoms with E-state index in [1.165, 1.54) is 27.7 Å². The summed E-state index contributed by atoms with van der Waals surface area (Å²) in [5, 5.41) is 1.14. The highest BCUT2D eigenvalue weighted by atomic mass is 32.2. The van der Waals surface area contributed by atoms with Gasteiger partial charge in [-0.2, -0.15) is 0 Å². The second-order valence-electron chi connectivity index (χ2n) is 8.81. The van der Waals surface area contributed by atoms with Crippen LogP contribution in [0.25, 0.3) is 6.08 Å². The van der Waals surface area contributed by atoms with Gasteiger partial charge in [0, 0.05) is 24.0 Å². The molecule has 41 heavy (non-hydrogen) atoms. The number of fused-ring (bicyclic) bond motifs is 1. The van der Waals surface area contributed by atoms with Gasteiger partial charge in [0.15, 0.2) is 15.1 Å². The first kappa shape index (κ1) is 28.4. The van der Waals surface area contributed by atoms with Gasteiger partial charge in [-0.05, 0) is 61.5 Å². The maximum absolute atomic E-state index is 14.0. The van der Waals surface area contributed by atoms with Crippen molar-refractivity contribution in [1.29, 1.82) is 0 Å². The summed E-state index contributed by atoms with van der Waals surface area (Å²) in [6.45, 7) is 3.93. The summed E-state index contributed by atoms with van der Waals surface area (Å²) in [7, 11) is 3.10. The normalized spacial score (nSPS) is 14.9. The Morgan fingerprint density at radius 2 is 1.95 bits per heavy atom. The van der Waals surface area contributed by atoms with Crippen molar-refractivity contribution in [1.82, 2.24) is 14.5 Å². The van der Waals surface area contributed by atoms with E-state index in [1.54, 1.807) is 76.0 Å². The van der Waals surface area contributed by atoms with Crippen LogP contribution in [-0.4, -0.2) is 41.3 Å². The van der Waals surface area contributed by atoms with Gasteiger partial charge in [-0.3, -0.25) is 9.36 Å². The molecule has 1 aliphatic rings. The van der Waals surface area contributed by atoms with Gasteiger partial charge in [0.25, 0.3) is 5.56 Å². The molecular weight excluding hydrogens is 564 g/mol. The van der Waals surface area contributed by atoms with E-state index in [-0.39, 0.29) is 12.2 Å². The van der Waals surface area contributed by atoms with Crippen molar-refractivity contribution in [2.24, 2.45) is 4.99 Å². The lowest BCUT2D eigenvalue weighted by atomic mass is 9.93. The highest BCUT2D eigenvalue weighted by Crippen LogP contribution is 2.38. The van der Waals surface area contributed by atoms with Gasteiger partial charge in [0.2, 0.25) is 0 Å². The number of aromatic nitrogens is 3. The van der Waals surface area contributed by atoms with E-state index >= 15 is 0 Å². The molecule has 0 saturated carbocycles. The zero-order valence-corrected chi connectivity index (χ0v) is 24.6. The lowest BCUT2D eigenvalue weighted by Crippen LogP contribution is -2.40. The molecule has 12 heteroatoms. The van der Waals surface area contributed by atoms with Gasteiger partial charge >= 0.3 is 5.97 Å². The number of hydrogen-bond acceptors (Lipinski definition) is 11. The Hall–Kier alpha value is -4.16. The molecular formula is C29H28N4O6S2. The Morgan fingerprint density at radius 3 is 2.66 bits per heavy atom. The van der Waals surface area contributed by atoms with Gasteiger partial charge in [-0.25, -0.2) is 19.8 Å². The third-order valence-corrected chi connectivity index (χ3v) is 8.03. The molecule has 1 aromatic carbocycles. The van der Waals surface area contributed by atoms with Crippen molar-refractivity contribution in [3.05, 3.63) is 91.1 Å². The van der Waals surface area contributed by atoms with Crippen molar-refractivity contribution >= 4 is 35.1 Å². The minimum atomic E-state index is -0.836. The zero-order chi connectivity index (χ0) is 28.9. The van der Waals surface area contributed by atoms with Crippen molar-refractivity contribution in [3.8, 4) is 11.5 Å². The van der Waals surface area contributed by atoms with E-state index in [9.17, 15) is 9.59 Å². The van der Waals surface area contributed by atoms with Crippen molar-refractivity contribution in [3.63, 3.8) is 0 Å². The average molecular weight is 593 g/mol. The number of esters is 1. The quantitative estimate of drug-likeness (QED) is 0.198. The predicted octanol–water partition coefficient (Wildman–Crippen LogP) is 4.13. The van der Waals surface area contributed by atoms with E-state index in [2.05, 4.69) is 9.97 Å². The van der Waals surface area contributed by atoms with Gasteiger partial charge in [0.1, 0.15) is 23.3 Å². The number of ether oxygens (including phenoxy) is 3. The molecule has 10 nitrogen and oxygen atoms in total. The third-order valence-electron chi connectivity index (χ3n) is 6.23.